The molecule has 2 rings (SSSR count). The van der Waals surface area contributed by atoms with Gasteiger partial charge >= 0.3 is 5.97 Å². The van der Waals surface area contributed by atoms with Crippen molar-refractivity contribution in [2.24, 2.45) is 13.0 Å². The summed E-state index contributed by atoms with van der Waals surface area (Å²) >= 11 is 0. The molecule has 0 aliphatic heterocycles. The number of hydrogen-bond acceptors (Lipinski definition) is 5. The third-order valence-electron chi connectivity index (χ3n) is 3.98. The van der Waals surface area contributed by atoms with Crippen molar-refractivity contribution in [1.82, 2.24) is 19.9 Å². The van der Waals surface area contributed by atoms with Crippen molar-refractivity contribution in [3.8, 4) is 0 Å². The van der Waals surface area contributed by atoms with Crippen molar-refractivity contribution in [1.29, 1.82) is 0 Å². The lowest BCUT2D eigenvalue weighted by atomic mass is 10.1. The molecule has 8 heteroatoms. The highest BCUT2D eigenvalue weighted by Crippen LogP contribution is 2.15. The molecule has 1 amide bonds. The summed E-state index contributed by atoms with van der Waals surface area (Å²) in [5, 5.41) is 17.1. The van der Waals surface area contributed by atoms with Gasteiger partial charge in [0.05, 0.1) is 11.4 Å². The van der Waals surface area contributed by atoms with Gasteiger partial charge in [0.15, 0.2) is 0 Å². The fourth-order valence-corrected chi connectivity index (χ4v) is 2.54. The Morgan fingerprint density at radius 3 is 2.84 bits per heavy atom. The molecular weight excluding hydrogens is 324 g/mol. The van der Waals surface area contributed by atoms with Crippen LogP contribution in [0.3, 0.4) is 0 Å². The molecule has 136 valence electrons. The Morgan fingerprint density at radius 1 is 1.40 bits per heavy atom. The Balaban J connectivity index is 2.17. The third kappa shape index (κ3) is 4.76. The number of nitrogens with zero attached hydrogens (tertiary/aromatic N) is 4. The smallest absolute Gasteiger partial charge is 0.308 e. The molecule has 2 aromatic rings. The lowest BCUT2D eigenvalue weighted by molar-refractivity contribution is -0.141. The third-order valence-corrected chi connectivity index (χ3v) is 3.98. The Labute approximate surface area is 146 Å². The lowest BCUT2D eigenvalue weighted by Crippen LogP contribution is -2.38. The maximum absolute atomic E-state index is 12.9. The van der Waals surface area contributed by atoms with Gasteiger partial charge in [0, 0.05) is 38.9 Å². The molecule has 25 heavy (non-hydrogen) atoms. The highest BCUT2D eigenvalue weighted by Gasteiger charge is 2.22. The summed E-state index contributed by atoms with van der Waals surface area (Å²) in [5.41, 5.74) is 1.94. The molecule has 1 aromatic carbocycles. The van der Waals surface area contributed by atoms with Crippen LogP contribution in [0.5, 0.6) is 0 Å². The standard InChI is InChI=1S/C17H24N4O4/c1-4-25-9-5-8-21(11-12(2)17(23)24)16(22)13-6-7-15-14(10-13)18-19-20(15)3/h6-7,10,12H,4-5,8-9,11H2,1-3H3,(H,23,24). The number of fused-ring (bicyclic) bond motifs is 1. The van der Waals surface area contributed by atoms with E-state index in [-0.39, 0.29) is 12.5 Å². The lowest BCUT2D eigenvalue weighted by Gasteiger charge is -2.24. The van der Waals surface area contributed by atoms with Gasteiger partial charge in [-0.15, -0.1) is 5.10 Å². The van der Waals surface area contributed by atoms with Crippen LogP contribution >= 0.6 is 0 Å². The second-order valence-electron chi connectivity index (χ2n) is 5.96. The average molecular weight is 348 g/mol. The van der Waals surface area contributed by atoms with Gasteiger partial charge in [-0.3, -0.25) is 9.59 Å². The first-order valence-electron chi connectivity index (χ1n) is 8.33. The SMILES string of the molecule is CCOCCCN(CC(C)C(=O)O)C(=O)c1ccc2c(c1)nnn2C. The van der Waals surface area contributed by atoms with E-state index >= 15 is 0 Å². The summed E-state index contributed by atoms with van der Waals surface area (Å²) in [6.45, 7) is 5.24. The minimum Gasteiger partial charge on any atom is -0.481 e. The minimum absolute atomic E-state index is 0.152. The number of carboxylic acid groups (broad SMARTS) is 1. The summed E-state index contributed by atoms with van der Waals surface area (Å²) in [6.07, 6.45) is 0.652. The Kier molecular flexibility index (Phi) is 6.46. The van der Waals surface area contributed by atoms with Crippen LogP contribution in [-0.4, -0.2) is 63.2 Å². The van der Waals surface area contributed by atoms with Crippen molar-refractivity contribution < 1.29 is 19.4 Å². The minimum atomic E-state index is -0.924. The van der Waals surface area contributed by atoms with Gasteiger partial charge in [0.2, 0.25) is 0 Å². The molecule has 0 aliphatic rings. The second kappa shape index (κ2) is 8.57. The molecule has 1 atom stereocenters. The van der Waals surface area contributed by atoms with Crippen LogP contribution in [0.2, 0.25) is 0 Å². The molecule has 0 radical (unpaired) electrons. The van der Waals surface area contributed by atoms with Crippen LogP contribution in [0.1, 0.15) is 30.6 Å². The predicted molar refractivity (Wildman–Crippen MR) is 92.3 cm³/mol. The van der Waals surface area contributed by atoms with Crippen molar-refractivity contribution in [2.75, 3.05) is 26.3 Å². The van der Waals surface area contributed by atoms with E-state index in [1.165, 1.54) is 0 Å². The molecule has 0 aliphatic carbocycles. The predicted octanol–water partition coefficient (Wildman–Crippen LogP) is 1.56. The van der Waals surface area contributed by atoms with E-state index in [0.29, 0.717) is 37.3 Å². The van der Waals surface area contributed by atoms with Crippen molar-refractivity contribution in [3.63, 3.8) is 0 Å². The fourth-order valence-electron chi connectivity index (χ4n) is 2.54. The van der Waals surface area contributed by atoms with E-state index in [2.05, 4.69) is 10.3 Å². The number of aryl methyl sites for hydroxylation is 1. The highest BCUT2D eigenvalue weighted by molar-refractivity contribution is 5.97. The Morgan fingerprint density at radius 2 is 2.16 bits per heavy atom. The maximum Gasteiger partial charge on any atom is 0.308 e. The molecule has 0 spiro atoms. The topological polar surface area (TPSA) is 97.6 Å². The van der Waals surface area contributed by atoms with Gasteiger partial charge in [0.25, 0.3) is 5.91 Å². The molecule has 1 aromatic heterocycles. The maximum atomic E-state index is 12.9. The van der Waals surface area contributed by atoms with Gasteiger partial charge < -0.3 is 14.7 Å². The van der Waals surface area contributed by atoms with E-state index in [4.69, 9.17) is 9.84 Å². The summed E-state index contributed by atoms with van der Waals surface area (Å²) in [4.78, 5) is 25.6. The number of benzene rings is 1. The molecule has 0 fully saturated rings. The highest BCUT2D eigenvalue weighted by atomic mass is 16.5. The Hall–Kier alpha value is -2.48. The molecule has 0 bridgehead atoms. The van der Waals surface area contributed by atoms with Gasteiger partial charge in [-0.2, -0.15) is 0 Å². The number of carbonyl (C=O) groups excluding carboxylic acids is 1. The summed E-state index contributed by atoms with van der Waals surface area (Å²) in [6, 6.07) is 5.20. The molecule has 8 nitrogen and oxygen atoms in total. The summed E-state index contributed by atoms with van der Waals surface area (Å²) in [5.74, 6) is -1.78. The molecule has 1 N–H and O–H groups in total. The van der Waals surface area contributed by atoms with E-state index in [1.807, 2.05) is 6.92 Å². The molecule has 1 heterocycles. The van der Waals surface area contributed by atoms with Crippen LogP contribution in [0, 0.1) is 5.92 Å². The monoisotopic (exact) mass is 348 g/mol. The van der Waals surface area contributed by atoms with E-state index in [9.17, 15) is 9.59 Å². The first kappa shape index (κ1) is 18.9. The number of amides is 1. The zero-order chi connectivity index (χ0) is 18.4. The van der Waals surface area contributed by atoms with Gasteiger partial charge in [0.1, 0.15) is 5.52 Å². The summed E-state index contributed by atoms with van der Waals surface area (Å²) in [7, 11) is 1.78. The zero-order valence-corrected chi connectivity index (χ0v) is 14.8. The van der Waals surface area contributed by atoms with Crippen molar-refractivity contribution in [2.45, 2.75) is 20.3 Å². The average Bonchev–Trinajstić information content (AvgIpc) is 2.97. The van der Waals surface area contributed by atoms with Gasteiger partial charge in [-0.1, -0.05) is 12.1 Å². The van der Waals surface area contributed by atoms with Crippen molar-refractivity contribution >= 4 is 22.9 Å². The van der Waals surface area contributed by atoms with Crippen LogP contribution in [0.15, 0.2) is 18.2 Å². The largest absolute Gasteiger partial charge is 0.481 e. The van der Waals surface area contributed by atoms with Gasteiger partial charge in [-0.25, -0.2) is 4.68 Å². The number of rotatable bonds is 9. The van der Waals surface area contributed by atoms with Crippen LogP contribution in [-0.2, 0) is 16.6 Å². The zero-order valence-electron chi connectivity index (χ0n) is 14.8. The molecular formula is C17H24N4O4. The molecule has 0 saturated heterocycles. The number of hydrogen-bond donors (Lipinski definition) is 1. The quantitative estimate of drug-likeness (QED) is 0.691. The van der Waals surface area contributed by atoms with Gasteiger partial charge in [-0.05, 0) is 31.5 Å². The number of aliphatic carboxylic acids is 1. The molecule has 1 unspecified atom stereocenters. The number of carbonyl (C=O) groups is 2. The Bertz CT molecular complexity index is 743. The van der Waals surface area contributed by atoms with Crippen LogP contribution in [0.4, 0.5) is 0 Å². The normalized spacial score (nSPS) is 12.3. The number of aromatic nitrogens is 3. The number of carboxylic acids is 1. The van der Waals surface area contributed by atoms with Crippen LogP contribution in [0.25, 0.3) is 11.0 Å². The second-order valence-corrected chi connectivity index (χ2v) is 5.96. The van der Waals surface area contributed by atoms with Crippen LogP contribution < -0.4 is 0 Å². The van der Waals surface area contributed by atoms with E-state index < -0.39 is 11.9 Å². The first-order valence-corrected chi connectivity index (χ1v) is 8.33. The number of ether oxygens (including phenoxy) is 1. The summed E-state index contributed by atoms with van der Waals surface area (Å²) < 4.78 is 6.94. The molecule has 0 saturated carbocycles. The fraction of sp³-hybridized carbons (Fsp3) is 0.529. The van der Waals surface area contributed by atoms with Crippen molar-refractivity contribution in [3.05, 3.63) is 23.8 Å². The van der Waals surface area contributed by atoms with E-state index in [0.717, 1.165) is 5.52 Å². The van der Waals surface area contributed by atoms with E-state index in [1.54, 1.807) is 41.8 Å². The first-order chi connectivity index (χ1) is 11.9.